The second-order valence-corrected chi connectivity index (χ2v) is 7.52. The Labute approximate surface area is 109 Å². The number of sulfone groups is 1. The lowest BCUT2D eigenvalue weighted by Crippen LogP contribution is -2.36. The van der Waals surface area contributed by atoms with Crippen LogP contribution in [0.1, 0.15) is 6.42 Å². The van der Waals surface area contributed by atoms with E-state index < -0.39 is 33.2 Å². The maximum atomic E-state index is 11.2. The van der Waals surface area contributed by atoms with Gasteiger partial charge in [0.15, 0.2) is 9.84 Å². The highest BCUT2D eigenvalue weighted by atomic mass is 32.2. The second-order valence-electron chi connectivity index (χ2n) is 4.02. The average molecular weight is 297 g/mol. The van der Waals surface area contributed by atoms with E-state index in [9.17, 15) is 23.1 Å². The third kappa shape index (κ3) is 4.46. The molecular formula is C9H15NO6S2. The molecule has 1 fully saturated rings. The predicted octanol–water partition coefficient (Wildman–Crippen LogP) is -1.53. The molecule has 1 aliphatic rings. The zero-order chi connectivity index (χ0) is 13.8. The largest absolute Gasteiger partial charge is 0.480 e. The van der Waals surface area contributed by atoms with Gasteiger partial charge in [-0.05, 0) is 12.2 Å². The number of aliphatic hydroxyl groups is 1. The van der Waals surface area contributed by atoms with Gasteiger partial charge in [-0.3, -0.25) is 4.79 Å². The number of carboxylic acids is 1. The monoisotopic (exact) mass is 297 g/mol. The van der Waals surface area contributed by atoms with Crippen LogP contribution in [0.15, 0.2) is 0 Å². The summed E-state index contributed by atoms with van der Waals surface area (Å²) < 4.78 is 22.5. The Kier molecular flexibility index (Phi) is 5.42. The lowest BCUT2D eigenvalue weighted by molar-refractivity contribution is -0.140. The van der Waals surface area contributed by atoms with Crippen LogP contribution in [0, 0.1) is 0 Å². The Morgan fingerprint density at radius 3 is 2.61 bits per heavy atom. The first-order valence-corrected chi connectivity index (χ1v) is 8.15. The van der Waals surface area contributed by atoms with Gasteiger partial charge in [0, 0.05) is 5.25 Å². The summed E-state index contributed by atoms with van der Waals surface area (Å²) in [5.41, 5.74) is 0. The van der Waals surface area contributed by atoms with Crippen molar-refractivity contribution < 1.29 is 28.2 Å². The minimum Gasteiger partial charge on any atom is -0.480 e. The fourth-order valence-electron chi connectivity index (χ4n) is 1.65. The number of aliphatic carboxylic acids is 1. The molecular weight excluding hydrogens is 282 g/mol. The molecule has 0 saturated carbocycles. The van der Waals surface area contributed by atoms with Crippen molar-refractivity contribution in [3.8, 4) is 0 Å². The zero-order valence-electron chi connectivity index (χ0n) is 9.48. The van der Waals surface area contributed by atoms with Crippen LogP contribution < -0.4 is 5.32 Å². The third-order valence-corrected chi connectivity index (χ3v) is 5.89. The van der Waals surface area contributed by atoms with Crippen LogP contribution in [-0.4, -0.2) is 65.7 Å². The number of nitrogens with one attached hydrogen (secondary N) is 1. The maximum Gasteiger partial charge on any atom is 0.326 e. The Balaban J connectivity index is 2.37. The fraction of sp³-hybridized carbons (Fsp3) is 0.778. The molecule has 1 aliphatic heterocycles. The number of carbonyl (C=O) groups is 2. The average Bonchev–Trinajstić information content (AvgIpc) is 2.50. The molecule has 0 aliphatic carbocycles. The number of hydrogen-bond donors (Lipinski definition) is 3. The molecule has 0 spiro atoms. The van der Waals surface area contributed by atoms with Crippen LogP contribution in [0.5, 0.6) is 0 Å². The summed E-state index contributed by atoms with van der Waals surface area (Å²) in [6.07, 6.45) is -0.400. The number of aliphatic hydroxyl groups excluding tert-OH is 1. The van der Waals surface area contributed by atoms with Crippen LogP contribution in [0.4, 0.5) is 0 Å². The van der Waals surface area contributed by atoms with Gasteiger partial charge in [-0.15, -0.1) is 0 Å². The van der Waals surface area contributed by atoms with Crippen molar-refractivity contribution in [3.05, 3.63) is 0 Å². The summed E-state index contributed by atoms with van der Waals surface area (Å²) in [5, 5.41) is 20.0. The topological polar surface area (TPSA) is 121 Å². The van der Waals surface area contributed by atoms with Gasteiger partial charge in [0.05, 0.1) is 17.6 Å². The van der Waals surface area contributed by atoms with E-state index in [4.69, 9.17) is 5.11 Å². The number of amides is 1. The summed E-state index contributed by atoms with van der Waals surface area (Å²) in [6, 6.07) is -0.981. The number of carbonyl (C=O) groups excluding carboxylic acids is 1. The molecule has 7 nitrogen and oxygen atoms in total. The van der Waals surface area contributed by atoms with Gasteiger partial charge in [0.2, 0.25) is 6.41 Å². The highest BCUT2D eigenvalue weighted by Gasteiger charge is 2.36. The molecule has 1 heterocycles. The smallest absolute Gasteiger partial charge is 0.326 e. The SMILES string of the molecule is O=CNC(CCSC1CS(=O)(=O)CC1O)C(=O)O. The Hall–Kier alpha value is -0.800. The minimum absolute atomic E-state index is 0.0856. The Bertz CT molecular complexity index is 409. The van der Waals surface area contributed by atoms with Crippen molar-refractivity contribution >= 4 is 34.0 Å². The van der Waals surface area contributed by atoms with E-state index in [-0.39, 0.29) is 17.9 Å². The molecule has 0 aromatic rings. The van der Waals surface area contributed by atoms with Crippen molar-refractivity contribution in [2.45, 2.75) is 23.8 Å². The van der Waals surface area contributed by atoms with Crippen LogP contribution >= 0.6 is 11.8 Å². The van der Waals surface area contributed by atoms with E-state index in [2.05, 4.69) is 5.32 Å². The Morgan fingerprint density at radius 1 is 1.50 bits per heavy atom. The van der Waals surface area contributed by atoms with Crippen molar-refractivity contribution in [3.63, 3.8) is 0 Å². The summed E-state index contributed by atoms with van der Waals surface area (Å²) in [7, 11) is -3.18. The minimum atomic E-state index is -3.18. The predicted molar refractivity (Wildman–Crippen MR) is 66.1 cm³/mol. The highest BCUT2D eigenvalue weighted by molar-refractivity contribution is 8.01. The second kappa shape index (κ2) is 6.39. The van der Waals surface area contributed by atoms with Crippen LogP contribution in [0.2, 0.25) is 0 Å². The van der Waals surface area contributed by atoms with Gasteiger partial charge in [-0.2, -0.15) is 11.8 Å². The fourth-order valence-corrected chi connectivity index (χ4v) is 5.39. The molecule has 1 rings (SSSR count). The van der Waals surface area contributed by atoms with E-state index in [0.29, 0.717) is 12.2 Å². The third-order valence-electron chi connectivity index (χ3n) is 2.58. The van der Waals surface area contributed by atoms with E-state index in [1.54, 1.807) is 0 Å². The first-order valence-electron chi connectivity index (χ1n) is 5.28. The van der Waals surface area contributed by atoms with Crippen molar-refractivity contribution in [2.24, 2.45) is 0 Å². The van der Waals surface area contributed by atoms with E-state index in [1.165, 1.54) is 11.8 Å². The molecule has 3 atom stereocenters. The molecule has 0 aromatic carbocycles. The summed E-state index contributed by atoms with van der Waals surface area (Å²) in [6.45, 7) is 0. The number of hydrogen-bond acceptors (Lipinski definition) is 6. The maximum absolute atomic E-state index is 11.2. The lowest BCUT2D eigenvalue weighted by Gasteiger charge is -2.14. The quantitative estimate of drug-likeness (QED) is 0.487. The zero-order valence-corrected chi connectivity index (χ0v) is 11.1. The molecule has 9 heteroatoms. The Morgan fingerprint density at radius 2 is 2.17 bits per heavy atom. The molecule has 1 saturated heterocycles. The first-order chi connectivity index (χ1) is 8.35. The number of carboxylic acid groups (broad SMARTS) is 1. The molecule has 0 bridgehead atoms. The first kappa shape index (κ1) is 15.3. The van der Waals surface area contributed by atoms with Gasteiger partial charge in [-0.25, -0.2) is 13.2 Å². The van der Waals surface area contributed by atoms with Crippen LogP contribution in [0.3, 0.4) is 0 Å². The molecule has 1 amide bonds. The number of thioether (sulfide) groups is 1. The molecule has 18 heavy (non-hydrogen) atoms. The lowest BCUT2D eigenvalue weighted by atomic mass is 10.2. The van der Waals surface area contributed by atoms with Gasteiger partial charge >= 0.3 is 5.97 Å². The van der Waals surface area contributed by atoms with Crippen molar-refractivity contribution in [1.29, 1.82) is 0 Å². The van der Waals surface area contributed by atoms with Crippen molar-refractivity contribution in [1.82, 2.24) is 5.32 Å². The van der Waals surface area contributed by atoms with Gasteiger partial charge in [0.1, 0.15) is 6.04 Å². The van der Waals surface area contributed by atoms with Crippen LogP contribution in [0.25, 0.3) is 0 Å². The highest BCUT2D eigenvalue weighted by Crippen LogP contribution is 2.25. The normalized spacial score (nSPS) is 27.6. The van der Waals surface area contributed by atoms with Crippen molar-refractivity contribution in [2.75, 3.05) is 17.3 Å². The van der Waals surface area contributed by atoms with E-state index in [0.717, 1.165) is 0 Å². The molecule has 0 radical (unpaired) electrons. The van der Waals surface area contributed by atoms with E-state index >= 15 is 0 Å². The molecule has 3 unspecified atom stereocenters. The summed E-state index contributed by atoms with van der Waals surface area (Å²) >= 11 is 1.22. The van der Waals surface area contributed by atoms with E-state index in [1.807, 2.05) is 0 Å². The summed E-state index contributed by atoms with van der Waals surface area (Å²) in [5.74, 6) is -1.10. The van der Waals surface area contributed by atoms with Gasteiger partial charge < -0.3 is 15.5 Å². The van der Waals surface area contributed by atoms with Crippen LogP contribution in [-0.2, 0) is 19.4 Å². The van der Waals surface area contributed by atoms with Gasteiger partial charge in [0.25, 0.3) is 0 Å². The standard InChI is InChI=1S/C9H15NO6S2/c11-5-10-6(9(13)14)1-2-17-8-4-18(15,16)3-7(8)12/h5-8,12H,1-4H2,(H,10,11)(H,13,14). The van der Waals surface area contributed by atoms with Gasteiger partial charge in [-0.1, -0.05) is 0 Å². The summed E-state index contributed by atoms with van der Waals surface area (Å²) in [4.78, 5) is 20.9. The molecule has 3 N–H and O–H groups in total. The molecule has 0 aromatic heterocycles. The molecule has 104 valence electrons. The number of rotatable bonds is 7.